The Hall–Kier alpha value is -1.91. The summed E-state index contributed by atoms with van der Waals surface area (Å²) in [5.41, 5.74) is 0. The highest BCUT2D eigenvalue weighted by Gasteiger charge is 2.09. The van der Waals surface area contributed by atoms with Crippen LogP contribution >= 0.6 is 0 Å². The molecular weight excluding hydrogens is 210 g/mol. The molecule has 0 heterocycles. The lowest BCUT2D eigenvalue weighted by atomic mass is 10.3. The minimum atomic E-state index is -0.449. The van der Waals surface area contributed by atoms with Gasteiger partial charge in [-0.2, -0.15) is 0 Å². The van der Waals surface area contributed by atoms with Crippen molar-refractivity contribution in [1.82, 2.24) is 4.90 Å². The number of methoxy groups -OCH3 is 2. The van der Waals surface area contributed by atoms with Crippen LogP contribution in [0.25, 0.3) is 0 Å². The molecule has 1 rings (SSSR count). The molecule has 0 aliphatic heterocycles. The number of nitrogens with zero attached hydrogens (tertiary/aromatic N) is 1. The van der Waals surface area contributed by atoms with Gasteiger partial charge in [0, 0.05) is 32.3 Å². The first kappa shape index (κ1) is 12.2. The molecule has 0 aliphatic rings. The van der Waals surface area contributed by atoms with Crippen LogP contribution in [0.5, 0.6) is 17.2 Å². The molecule has 0 saturated heterocycles. The van der Waals surface area contributed by atoms with Crippen LogP contribution in [-0.2, 0) is 0 Å². The summed E-state index contributed by atoms with van der Waals surface area (Å²) in [5, 5.41) is 0. The van der Waals surface area contributed by atoms with Gasteiger partial charge in [0.25, 0.3) is 0 Å². The van der Waals surface area contributed by atoms with Crippen molar-refractivity contribution < 1.29 is 19.0 Å². The summed E-state index contributed by atoms with van der Waals surface area (Å²) in [6.07, 6.45) is -0.449. The largest absolute Gasteiger partial charge is 0.496 e. The third kappa shape index (κ3) is 3.05. The molecule has 0 radical (unpaired) electrons. The molecule has 0 spiro atoms. The summed E-state index contributed by atoms with van der Waals surface area (Å²) in [4.78, 5) is 12.7. The summed E-state index contributed by atoms with van der Waals surface area (Å²) < 4.78 is 15.2. The Morgan fingerprint density at radius 3 is 1.81 bits per heavy atom. The van der Waals surface area contributed by atoms with Gasteiger partial charge in [-0.05, 0) is 0 Å². The van der Waals surface area contributed by atoms with Gasteiger partial charge in [0.1, 0.15) is 17.2 Å². The zero-order chi connectivity index (χ0) is 12.1. The van der Waals surface area contributed by atoms with Crippen LogP contribution in [0.1, 0.15) is 0 Å². The molecule has 16 heavy (non-hydrogen) atoms. The van der Waals surface area contributed by atoms with Crippen LogP contribution in [0.3, 0.4) is 0 Å². The highest BCUT2D eigenvalue weighted by atomic mass is 16.6. The maximum Gasteiger partial charge on any atom is 0.414 e. The fourth-order valence-electron chi connectivity index (χ4n) is 1.03. The van der Waals surface area contributed by atoms with Crippen LogP contribution < -0.4 is 14.2 Å². The van der Waals surface area contributed by atoms with Gasteiger partial charge in [0.05, 0.1) is 14.2 Å². The Balaban J connectivity index is 2.91. The summed E-state index contributed by atoms with van der Waals surface area (Å²) in [6, 6.07) is 4.93. The van der Waals surface area contributed by atoms with Gasteiger partial charge >= 0.3 is 6.09 Å². The van der Waals surface area contributed by atoms with Crippen molar-refractivity contribution in [3.63, 3.8) is 0 Å². The van der Waals surface area contributed by atoms with Crippen molar-refractivity contribution in [2.45, 2.75) is 0 Å². The van der Waals surface area contributed by atoms with E-state index in [9.17, 15) is 4.79 Å². The molecule has 5 heteroatoms. The van der Waals surface area contributed by atoms with E-state index in [-0.39, 0.29) is 0 Å². The average Bonchev–Trinajstić information content (AvgIpc) is 2.28. The third-order valence-electron chi connectivity index (χ3n) is 1.90. The Kier molecular flexibility index (Phi) is 3.99. The fourth-order valence-corrected chi connectivity index (χ4v) is 1.03. The average molecular weight is 225 g/mol. The monoisotopic (exact) mass is 225 g/mol. The molecule has 1 aromatic carbocycles. The first-order valence-corrected chi connectivity index (χ1v) is 4.69. The molecule has 0 aliphatic carbocycles. The Labute approximate surface area is 94.5 Å². The molecular formula is C11H15NO4. The minimum Gasteiger partial charge on any atom is -0.496 e. The number of carbonyl (C=O) groups is 1. The molecule has 5 nitrogen and oxygen atoms in total. The minimum absolute atomic E-state index is 0.384. The Morgan fingerprint density at radius 1 is 1.00 bits per heavy atom. The molecule has 0 N–H and O–H groups in total. The number of hydrogen-bond donors (Lipinski definition) is 0. The van der Waals surface area contributed by atoms with Gasteiger partial charge in [0.15, 0.2) is 0 Å². The Morgan fingerprint density at radius 2 is 1.44 bits per heavy atom. The van der Waals surface area contributed by atoms with E-state index in [0.29, 0.717) is 17.2 Å². The van der Waals surface area contributed by atoms with E-state index in [1.807, 2.05) is 0 Å². The van der Waals surface area contributed by atoms with E-state index in [2.05, 4.69) is 0 Å². The van der Waals surface area contributed by atoms with E-state index >= 15 is 0 Å². The van der Waals surface area contributed by atoms with Crippen LogP contribution in [0.4, 0.5) is 4.79 Å². The van der Waals surface area contributed by atoms with E-state index in [4.69, 9.17) is 14.2 Å². The topological polar surface area (TPSA) is 48.0 Å². The molecule has 1 aromatic rings. The Bertz CT molecular complexity index is 354. The van der Waals surface area contributed by atoms with E-state index < -0.39 is 6.09 Å². The van der Waals surface area contributed by atoms with Crippen molar-refractivity contribution in [3.8, 4) is 17.2 Å². The predicted molar refractivity (Wildman–Crippen MR) is 59.3 cm³/mol. The van der Waals surface area contributed by atoms with Crippen LogP contribution in [-0.4, -0.2) is 39.3 Å². The number of amides is 1. The van der Waals surface area contributed by atoms with E-state index in [1.54, 1.807) is 32.3 Å². The number of benzene rings is 1. The van der Waals surface area contributed by atoms with Crippen molar-refractivity contribution in [2.24, 2.45) is 0 Å². The zero-order valence-corrected chi connectivity index (χ0v) is 9.81. The lowest BCUT2D eigenvalue weighted by molar-refractivity contribution is 0.171. The highest BCUT2D eigenvalue weighted by Crippen LogP contribution is 2.27. The number of rotatable bonds is 3. The van der Waals surface area contributed by atoms with Crippen molar-refractivity contribution in [1.29, 1.82) is 0 Å². The SMILES string of the molecule is COc1cc(OC)cc(OC(=O)N(C)C)c1. The molecule has 1 amide bonds. The highest BCUT2D eigenvalue weighted by molar-refractivity contribution is 5.70. The van der Waals surface area contributed by atoms with Crippen LogP contribution in [0.2, 0.25) is 0 Å². The number of carbonyl (C=O) groups excluding carboxylic acids is 1. The molecule has 88 valence electrons. The summed E-state index contributed by atoms with van der Waals surface area (Å²) >= 11 is 0. The van der Waals surface area contributed by atoms with Gasteiger partial charge in [0.2, 0.25) is 0 Å². The van der Waals surface area contributed by atoms with Gasteiger partial charge in [-0.15, -0.1) is 0 Å². The quantitative estimate of drug-likeness (QED) is 0.786. The summed E-state index contributed by atoms with van der Waals surface area (Å²) in [6.45, 7) is 0. The number of hydrogen-bond acceptors (Lipinski definition) is 4. The van der Waals surface area contributed by atoms with Crippen LogP contribution in [0.15, 0.2) is 18.2 Å². The number of ether oxygens (including phenoxy) is 3. The normalized spacial score (nSPS) is 9.50. The third-order valence-corrected chi connectivity index (χ3v) is 1.90. The van der Waals surface area contributed by atoms with Crippen LogP contribution in [0, 0.1) is 0 Å². The molecule has 0 bridgehead atoms. The van der Waals surface area contributed by atoms with Gasteiger partial charge in [-0.3, -0.25) is 0 Å². The molecule has 0 aromatic heterocycles. The van der Waals surface area contributed by atoms with Gasteiger partial charge < -0.3 is 19.1 Å². The lowest BCUT2D eigenvalue weighted by Gasteiger charge is -2.12. The summed E-state index contributed by atoms with van der Waals surface area (Å²) in [7, 11) is 6.29. The molecule has 0 saturated carbocycles. The van der Waals surface area contributed by atoms with E-state index in [1.165, 1.54) is 19.1 Å². The van der Waals surface area contributed by atoms with Crippen molar-refractivity contribution >= 4 is 6.09 Å². The molecule has 0 atom stereocenters. The first-order valence-electron chi connectivity index (χ1n) is 4.69. The second kappa shape index (κ2) is 5.25. The maximum atomic E-state index is 11.3. The van der Waals surface area contributed by atoms with E-state index in [0.717, 1.165) is 0 Å². The fraction of sp³-hybridized carbons (Fsp3) is 0.364. The van der Waals surface area contributed by atoms with Crippen molar-refractivity contribution in [3.05, 3.63) is 18.2 Å². The van der Waals surface area contributed by atoms with Crippen molar-refractivity contribution in [2.75, 3.05) is 28.3 Å². The predicted octanol–water partition coefficient (Wildman–Crippen LogP) is 1.76. The molecule has 0 unspecified atom stereocenters. The smallest absolute Gasteiger partial charge is 0.414 e. The maximum absolute atomic E-state index is 11.3. The summed E-state index contributed by atoms with van der Waals surface area (Å²) in [5.74, 6) is 1.52. The second-order valence-electron chi connectivity index (χ2n) is 3.31. The van der Waals surface area contributed by atoms with Gasteiger partial charge in [-0.25, -0.2) is 4.79 Å². The van der Waals surface area contributed by atoms with Gasteiger partial charge in [-0.1, -0.05) is 0 Å². The lowest BCUT2D eigenvalue weighted by Crippen LogP contribution is -2.25. The zero-order valence-electron chi connectivity index (χ0n) is 9.81. The standard InChI is InChI=1S/C11H15NO4/c1-12(2)11(13)16-10-6-8(14-3)5-9(7-10)15-4/h5-7H,1-4H3. The first-order chi connectivity index (χ1) is 7.56. The molecule has 0 fully saturated rings. The second-order valence-corrected chi connectivity index (χ2v) is 3.31.